The van der Waals surface area contributed by atoms with E-state index in [1.54, 1.807) is 42.5 Å². The minimum atomic E-state index is -3.70. The predicted molar refractivity (Wildman–Crippen MR) is 159 cm³/mol. The van der Waals surface area contributed by atoms with Crippen molar-refractivity contribution in [2.75, 3.05) is 13.2 Å². The summed E-state index contributed by atoms with van der Waals surface area (Å²) < 4.78 is 68.1. The van der Waals surface area contributed by atoms with Gasteiger partial charge in [-0.2, -0.15) is 0 Å². The van der Waals surface area contributed by atoms with Crippen LogP contribution < -0.4 is 14.2 Å². The Hall–Kier alpha value is -4.54. The van der Waals surface area contributed by atoms with Crippen molar-refractivity contribution in [3.63, 3.8) is 0 Å². The lowest BCUT2D eigenvalue weighted by atomic mass is 10.3. The second-order valence-corrected chi connectivity index (χ2v) is 12.8. The summed E-state index contributed by atoms with van der Waals surface area (Å²) in [5.74, 6) is 1.57. The van der Waals surface area contributed by atoms with Crippen molar-refractivity contribution in [3.8, 4) is 23.0 Å². The summed E-state index contributed by atoms with van der Waals surface area (Å²) in [5, 5.41) is 9.38. The van der Waals surface area contributed by atoms with Crippen molar-refractivity contribution in [3.05, 3.63) is 122 Å². The zero-order valence-corrected chi connectivity index (χ0v) is 24.4. The summed E-state index contributed by atoms with van der Waals surface area (Å²) in [6.45, 7) is 2.64. The number of sulfone groups is 2. The van der Waals surface area contributed by atoms with Gasteiger partial charge in [0.15, 0.2) is 0 Å². The molecule has 0 aliphatic rings. The highest BCUT2D eigenvalue weighted by Crippen LogP contribution is 2.26. The van der Waals surface area contributed by atoms with Crippen LogP contribution in [-0.2, 0) is 19.7 Å². The molecule has 4 rings (SSSR count). The molecule has 0 fully saturated rings. The van der Waals surface area contributed by atoms with Crippen molar-refractivity contribution < 1.29 is 36.2 Å². The Balaban J connectivity index is 1.24. The Bertz CT molecular complexity index is 1720. The maximum absolute atomic E-state index is 13.0. The first kappa shape index (κ1) is 30.4. The zero-order valence-electron chi connectivity index (χ0n) is 22.8. The second-order valence-electron chi connectivity index (χ2n) is 8.92. The van der Waals surface area contributed by atoms with Crippen LogP contribution in [0.5, 0.6) is 23.0 Å². The van der Waals surface area contributed by atoms with Crippen molar-refractivity contribution >= 4 is 19.7 Å². The number of phenols is 1. The summed E-state index contributed by atoms with van der Waals surface area (Å²) in [5.41, 5.74) is 0. The average Bonchev–Trinajstić information content (AvgIpc) is 3.00. The van der Waals surface area contributed by atoms with Gasteiger partial charge in [-0.3, -0.25) is 0 Å². The Labute approximate surface area is 246 Å². The molecule has 218 valence electrons. The largest absolute Gasteiger partial charge is 0.508 e. The van der Waals surface area contributed by atoms with Gasteiger partial charge in [0.05, 0.1) is 32.5 Å². The maximum atomic E-state index is 13.0. The van der Waals surface area contributed by atoms with E-state index < -0.39 is 19.7 Å². The standard InChI is InChI=1S/C32H30O8S2/c1-2-3-22-38-26-8-16-31(17-9-26)42(36,37)32-20-12-28(13-21-32)40-24-5-4-23-39-27-10-18-30(19-11-27)41(34,35)29-14-6-25(33)7-15-29/h2-3,5-21,24,33H,4,22-23H2,1H3/b3-2-,24-5+. The smallest absolute Gasteiger partial charge is 0.206 e. The summed E-state index contributed by atoms with van der Waals surface area (Å²) in [6.07, 6.45) is 7.51. The maximum Gasteiger partial charge on any atom is 0.206 e. The van der Waals surface area contributed by atoms with E-state index >= 15 is 0 Å². The van der Waals surface area contributed by atoms with Gasteiger partial charge < -0.3 is 19.3 Å². The minimum Gasteiger partial charge on any atom is -0.508 e. The van der Waals surface area contributed by atoms with Gasteiger partial charge in [0.2, 0.25) is 19.7 Å². The van der Waals surface area contributed by atoms with Gasteiger partial charge in [0, 0.05) is 6.42 Å². The molecule has 0 aromatic heterocycles. The van der Waals surface area contributed by atoms with E-state index in [0.29, 0.717) is 36.9 Å². The first-order valence-corrected chi connectivity index (χ1v) is 15.9. The normalized spacial score (nSPS) is 12.0. The van der Waals surface area contributed by atoms with Crippen LogP contribution in [0.3, 0.4) is 0 Å². The van der Waals surface area contributed by atoms with E-state index in [-0.39, 0.29) is 25.3 Å². The van der Waals surface area contributed by atoms with Gasteiger partial charge in [-0.25, -0.2) is 16.8 Å². The molecule has 42 heavy (non-hydrogen) atoms. The Morgan fingerprint density at radius 3 is 1.50 bits per heavy atom. The lowest BCUT2D eigenvalue weighted by Crippen LogP contribution is -2.02. The highest BCUT2D eigenvalue weighted by atomic mass is 32.2. The highest BCUT2D eigenvalue weighted by molar-refractivity contribution is 7.91. The molecule has 0 atom stereocenters. The third-order valence-corrected chi connectivity index (χ3v) is 9.56. The third kappa shape index (κ3) is 7.80. The molecule has 0 aliphatic carbocycles. The summed E-state index contributed by atoms with van der Waals surface area (Å²) in [7, 11) is -7.38. The van der Waals surface area contributed by atoms with Crippen molar-refractivity contribution in [1.29, 1.82) is 0 Å². The molecule has 1 N–H and O–H groups in total. The van der Waals surface area contributed by atoms with Crippen LogP contribution in [-0.4, -0.2) is 35.2 Å². The van der Waals surface area contributed by atoms with Crippen molar-refractivity contribution in [2.45, 2.75) is 32.9 Å². The Morgan fingerprint density at radius 1 is 0.595 bits per heavy atom. The van der Waals surface area contributed by atoms with Crippen LogP contribution in [0.2, 0.25) is 0 Å². The fraction of sp³-hybridized carbons (Fsp3) is 0.125. The van der Waals surface area contributed by atoms with Gasteiger partial charge in [0.25, 0.3) is 0 Å². The van der Waals surface area contributed by atoms with E-state index in [4.69, 9.17) is 14.2 Å². The number of benzene rings is 4. The quantitative estimate of drug-likeness (QED) is 0.106. The van der Waals surface area contributed by atoms with E-state index in [9.17, 15) is 21.9 Å². The fourth-order valence-corrected chi connectivity index (χ4v) is 6.23. The van der Waals surface area contributed by atoms with Crippen LogP contribution in [0.15, 0.2) is 141 Å². The van der Waals surface area contributed by atoms with Crippen LogP contribution in [0.4, 0.5) is 0 Å². The molecule has 0 saturated heterocycles. The summed E-state index contributed by atoms with van der Waals surface area (Å²) in [4.78, 5) is 0.530. The molecular formula is C32H30O8S2. The predicted octanol–water partition coefficient (Wildman–Crippen LogP) is 6.37. The Morgan fingerprint density at radius 2 is 1.02 bits per heavy atom. The number of hydrogen-bond acceptors (Lipinski definition) is 8. The number of rotatable bonds is 13. The molecule has 0 radical (unpaired) electrons. The van der Waals surface area contributed by atoms with Crippen molar-refractivity contribution in [1.82, 2.24) is 0 Å². The lowest BCUT2D eigenvalue weighted by Gasteiger charge is -2.08. The molecule has 10 heteroatoms. The topological polar surface area (TPSA) is 116 Å². The molecule has 0 amide bonds. The van der Waals surface area contributed by atoms with Crippen LogP contribution in [0.25, 0.3) is 0 Å². The summed E-state index contributed by atoms with van der Waals surface area (Å²) in [6, 6.07) is 23.9. The van der Waals surface area contributed by atoms with Gasteiger partial charge in [-0.1, -0.05) is 12.2 Å². The second kappa shape index (κ2) is 13.9. The molecule has 8 nitrogen and oxygen atoms in total. The first-order valence-electron chi connectivity index (χ1n) is 13.0. The molecule has 0 spiro atoms. The van der Waals surface area contributed by atoms with Crippen LogP contribution >= 0.6 is 0 Å². The van der Waals surface area contributed by atoms with E-state index in [2.05, 4.69) is 0 Å². The highest BCUT2D eigenvalue weighted by Gasteiger charge is 2.18. The monoisotopic (exact) mass is 606 g/mol. The molecule has 0 aliphatic heterocycles. The molecule has 0 saturated carbocycles. The third-order valence-electron chi connectivity index (χ3n) is 5.98. The molecule has 4 aromatic carbocycles. The van der Waals surface area contributed by atoms with Gasteiger partial charge in [-0.15, -0.1) is 0 Å². The zero-order chi connectivity index (χ0) is 30.0. The van der Waals surface area contributed by atoms with E-state index in [1.165, 1.54) is 66.9 Å². The van der Waals surface area contributed by atoms with Gasteiger partial charge >= 0.3 is 0 Å². The fourth-order valence-electron chi connectivity index (χ4n) is 3.70. The molecule has 0 bridgehead atoms. The van der Waals surface area contributed by atoms with E-state index in [0.717, 1.165) is 0 Å². The lowest BCUT2D eigenvalue weighted by molar-refractivity contribution is 0.323. The van der Waals surface area contributed by atoms with Crippen LogP contribution in [0.1, 0.15) is 13.3 Å². The SMILES string of the molecule is C/C=C\COc1ccc(S(=O)(=O)c2ccc(O/C=C/CCOc3ccc(S(=O)(=O)c4ccc(O)cc4)cc3)cc2)cc1. The number of hydrogen-bond donors (Lipinski definition) is 1. The minimum absolute atomic E-state index is 0.00863. The van der Waals surface area contributed by atoms with Gasteiger partial charge in [0.1, 0.15) is 29.6 Å². The van der Waals surface area contributed by atoms with Gasteiger partial charge in [-0.05, 0) is 110 Å². The first-order chi connectivity index (χ1) is 20.2. The molecule has 0 unspecified atom stereocenters. The number of ether oxygens (including phenoxy) is 3. The Kier molecular flexibility index (Phi) is 10.1. The molecule has 4 aromatic rings. The van der Waals surface area contributed by atoms with Crippen molar-refractivity contribution in [2.24, 2.45) is 0 Å². The van der Waals surface area contributed by atoms with E-state index in [1.807, 2.05) is 19.1 Å². The summed E-state index contributed by atoms with van der Waals surface area (Å²) >= 11 is 0. The number of phenolic OH excluding ortho intramolecular Hbond substituents is 1. The molecule has 0 heterocycles. The molecular weight excluding hydrogens is 576 g/mol. The number of aromatic hydroxyl groups is 1. The number of allylic oxidation sites excluding steroid dienone is 1. The van der Waals surface area contributed by atoms with Crippen LogP contribution in [0, 0.1) is 0 Å². The average molecular weight is 607 g/mol.